The van der Waals surface area contributed by atoms with Gasteiger partial charge in [-0.25, -0.2) is 8.42 Å². The summed E-state index contributed by atoms with van der Waals surface area (Å²) in [6.07, 6.45) is 2.79. The van der Waals surface area contributed by atoms with E-state index in [0.29, 0.717) is 11.4 Å². The van der Waals surface area contributed by atoms with Crippen LogP contribution >= 0.6 is 0 Å². The molecule has 0 bridgehead atoms. The first-order valence-electron chi connectivity index (χ1n) is 9.13. The third-order valence-electron chi connectivity index (χ3n) is 5.28. The van der Waals surface area contributed by atoms with Crippen molar-refractivity contribution in [3.63, 3.8) is 0 Å². The monoisotopic (exact) mass is 368 g/mol. The number of nitrogens with zero attached hydrogens (tertiary/aromatic N) is 1. The largest absolute Gasteiger partial charge is 0.357 e. The SMILES string of the molecule is Cc1ccc(S(=O)(=O)N2CCCCC2c2cc3ccccc3[nH]2)c(C)c1. The van der Waals surface area contributed by atoms with E-state index in [2.05, 4.69) is 17.1 Å². The minimum atomic E-state index is -3.53. The second-order valence-corrected chi connectivity index (χ2v) is 9.07. The van der Waals surface area contributed by atoms with Crippen LogP contribution in [0.15, 0.2) is 53.4 Å². The van der Waals surface area contributed by atoms with Crippen LogP contribution in [0.5, 0.6) is 0 Å². The number of hydrogen-bond acceptors (Lipinski definition) is 2. The van der Waals surface area contributed by atoms with Gasteiger partial charge in [-0.3, -0.25) is 0 Å². The zero-order valence-electron chi connectivity index (χ0n) is 15.2. The molecule has 136 valence electrons. The quantitative estimate of drug-likeness (QED) is 0.728. The van der Waals surface area contributed by atoms with Crippen molar-refractivity contribution in [2.75, 3.05) is 6.54 Å². The summed E-state index contributed by atoms with van der Waals surface area (Å²) in [4.78, 5) is 3.86. The summed E-state index contributed by atoms with van der Waals surface area (Å²) in [6.45, 7) is 4.43. The highest BCUT2D eigenvalue weighted by Gasteiger charge is 2.35. The van der Waals surface area contributed by atoms with E-state index >= 15 is 0 Å². The second kappa shape index (κ2) is 6.56. The van der Waals surface area contributed by atoms with Crippen LogP contribution < -0.4 is 0 Å². The maximum absolute atomic E-state index is 13.4. The highest BCUT2D eigenvalue weighted by Crippen LogP contribution is 2.37. The molecule has 4 nitrogen and oxygen atoms in total. The van der Waals surface area contributed by atoms with Crippen molar-refractivity contribution in [3.05, 3.63) is 65.4 Å². The summed E-state index contributed by atoms with van der Waals surface area (Å²) < 4.78 is 28.6. The van der Waals surface area contributed by atoms with E-state index in [-0.39, 0.29) is 6.04 Å². The van der Waals surface area contributed by atoms with E-state index in [4.69, 9.17) is 0 Å². The zero-order valence-corrected chi connectivity index (χ0v) is 16.0. The van der Waals surface area contributed by atoms with Crippen molar-refractivity contribution in [1.82, 2.24) is 9.29 Å². The molecule has 1 aromatic heterocycles. The number of nitrogens with one attached hydrogen (secondary N) is 1. The fraction of sp³-hybridized carbons (Fsp3) is 0.333. The van der Waals surface area contributed by atoms with Crippen LogP contribution in [-0.4, -0.2) is 24.3 Å². The van der Waals surface area contributed by atoms with Crippen molar-refractivity contribution in [2.24, 2.45) is 0 Å². The molecule has 4 rings (SSSR count). The number of aromatic nitrogens is 1. The minimum Gasteiger partial charge on any atom is -0.357 e. The Labute approximate surface area is 154 Å². The van der Waals surface area contributed by atoms with Crippen LogP contribution in [0, 0.1) is 13.8 Å². The predicted molar refractivity (Wildman–Crippen MR) is 105 cm³/mol. The topological polar surface area (TPSA) is 53.2 Å². The molecule has 0 amide bonds. The number of aromatic amines is 1. The van der Waals surface area contributed by atoms with Gasteiger partial charge in [0, 0.05) is 17.8 Å². The number of rotatable bonds is 3. The van der Waals surface area contributed by atoms with Crippen molar-refractivity contribution in [3.8, 4) is 0 Å². The second-order valence-electron chi connectivity index (χ2n) is 7.21. The Morgan fingerprint density at radius 1 is 1.04 bits per heavy atom. The van der Waals surface area contributed by atoms with Crippen molar-refractivity contribution in [1.29, 1.82) is 0 Å². The van der Waals surface area contributed by atoms with Crippen molar-refractivity contribution >= 4 is 20.9 Å². The summed E-state index contributed by atoms with van der Waals surface area (Å²) in [7, 11) is -3.53. The number of hydrogen-bond donors (Lipinski definition) is 1. The number of fused-ring (bicyclic) bond motifs is 1. The van der Waals surface area contributed by atoms with Crippen molar-refractivity contribution < 1.29 is 8.42 Å². The Balaban J connectivity index is 1.77. The molecule has 2 aromatic carbocycles. The van der Waals surface area contributed by atoms with E-state index in [0.717, 1.165) is 47.0 Å². The van der Waals surface area contributed by atoms with Gasteiger partial charge in [0.25, 0.3) is 0 Å². The molecule has 3 aromatic rings. The van der Waals surface area contributed by atoms with Crippen LogP contribution in [0.1, 0.15) is 42.1 Å². The number of sulfonamides is 1. The molecule has 1 aliphatic heterocycles. The fourth-order valence-corrected chi connectivity index (χ4v) is 5.88. The smallest absolute Gasteiger partial charge is 0.243 e. The average molecular weight is 369 g/mol. The maximum atomic E-state index is 13.4. The third kappa shape index (κ3) is 2.95. The molecule has 2 heterocycles. The molecule has 1 atom stereocenters. The molecular formula is C21H24N2O2S. The van der Waals surface area contributed by atoms with Crippen LogP contribution in [0.2, 0.25) is 0 Å². The Bertz CT molecular complexity index is 1020. The molecule has 5 heteroatoms. The van der Waals surface area contributed by atoms with Crippen LogP contribution in [-0.2, 0) is 10.0 Å². The summed E-state index contributed by atoms with van der Waals surface area (Å²) in [5, 5.41) is 1.12. The molecule has 0 aliphatic carbocycles. The van der Waals surface area contributed by atoms with E-state index in [1.807, 2.05) is 44.2 Å². The maximum Gasteiger partial charge on any atom is 0.243 e. The molecule has 0 spiro atoms. The predicted octanol–water partition coefficient (Wildman–Crippen LogP) is 4.70. The fourth-order valence-electron chi connectivity index (χ4n) is 3.99. The summed E-state index contributed by atoms with van der Waals surface area (Å²) in [6, 6.07) is 15.6. The Kier molecular flexibility index (Phi) is 4.37. The van der Waals surface area contributed by atoms with E-state index < -0.39 is 10.0 Å². The molecule has 0 saturated carbocycles. The van der Waals surface area contributed by atoms with Gasteiger partial charge in [-0.1, -0.05) is 42.3 Å². The van der Waals surface area contributed by atoms with E-state index in [9.17, 15) is 8.42 Å². The standard InChI is InChI=1S/C21H24N2O2S/c1-15-10-11-21(16(2)13-15)26(24,25)23-12-6-5-9-20(23)19-14-17-7-3-4-8-18(17)22-19/h3-4,7-8,10-11,13-14,20,22H,5-6,9,12H2,1-2H3. The van der Waals surface area contributed by atoms with Crippen LogP contribution in [0.25, 0.3) is 10.9 Å². The first kappa shape index (κ1) is 17.3. The molecule has 0 radical (unpaired) electrons. The molecule has 26 heavy (non-hydrogen) atoms. The lowest BCUT2D eigenvalue weighted by atomic mass is 10.0. The van der Waals surface area contributed by atoms with Gasteiger partial charge in [-0.2, -0.15) is 4.31 Å². The average Bonchev–Trinajstić information content (AvgIpc) is 3.05. The molecule has 1 N–H and O–H groups in total. The van der Waals surface area contributed by atoms with Gasteiger partial charge < -0.3 is 4.98 Å². The van der Waals surface area contributed by atoms with Gasteiger partial charge in [0.15, 0.2) is 0 Å². The molecular weight excluding hydrogens is 344 g/mol. The van der Waals surface area contributed by atoms with E-state index in [1.54, 1.807) is 10.4 Å². The number of piperidine rings is 1. The van der Waals surface area contributed by atoms with E-state index in [1.165, 1.54) is 0 Å². The van der Waals surface area contributed by atoms with Crippen LogP contribution in [0.4, 0.5) is 0 Å². The molecule has 1 saturated heterocycles. The number of benzene rings is 2. The van der Waals surface area contributed by atoms with Crippen molar-refractivity contribution in [2.45, 2.75) is 44.0 Å². The zero-order chi connectivity index (χ0) is 18.3. The minimum absolute atomic E-state index is 0.137. The third-order valence-corrected chi connectivity index (χ3v) is 7.35. The van der Waals surface area contributed by atoms with Crippen LogP contribution in [0.3, 0.4) is 0 Å². The number of para-hydroxylation sites is 1. The normalized spacial score (nSPS) is 19.1. The first-order valence-corrected chi connectivity index (χ1v) is 10.6. The lowest BCUT2D eigenvalue weighted by Gasteiger charge is -2.34. The number of H-pyrrole nitrogens is 1. The Morgan fingerprint density at radius 2 is 1.85 bits per heavy atom. The Morgan fingerprint density at radius 3 is 2.62 bits per heavy atom. The van der Waals surface area contributed by atoms with Gasteiger partial charge >= 0.3 is 0 Å². The van der Waals surface area contributed by atoms with Gasteiger partial charge in [0.2, 0.25) is 10.0 Å². The van der Waals surface area contributed by atoms with Gasteiger partial charge in [-0.15, -0.1) is 0 Å². The molecule has 1 unspecified atom stereocenters. The Hall–Kier alpha value is -2.11. The summed E-state index contributed by atoms with van der Waals surface area (Å²) in [5.41, 5.74) is 3.93. The molecule has 1 aliphatic rings. The summed E-state index contributed by atoms with van der Waals surface area (Å²) in [5.74, 6) is 0. The highest BCUT2D eigenvalue weighted by atomic mass is 32.2. The van der Waals surface area contributed by atoms with Gasteiger partial charge in [-0.05, 0) is 55.8 Å². The lowest BCUT2D eigenvalue weighted by molar-refractivity contribution is 0.252. The van der Waals surface area contributed by atoms with Gasteiger partial charge in [0.1, 0.15) is 0 Å². The number of aryl methyl sites for hydroxylation is 2. The van der Waals surface area contributed by atoms with Gasteiger partial charge in [0.05, 0.1) is 10.9 Å². The lowest BCUT2D eigenvalue weighted by Crippen LogP contribution is -2.38. The first-order chi connectivity index (χ1) is 12.5. The highest BCUT2D eigenvalue weighted by molar-refractivity contribution is 7.89. The summed E-state index contributed by atoms with van der Waals surface area (Å²) >= 11 is 0. The molecule has 1 fully saturated rings.